The minimum absolute atomic E-state index is 0.604. The molecule has 1 aromatic carbocycles. The van der Waals surface area contributed by atoms with Gasteiger partial charge in [-0.3, -0.25) is 0 Å². The van der Waals surface area contributed by atoms with E-state index in [1.165, 1.54) is 0 Å². The molecule has 21 heavy (non-hydrogen) atoms. The first-order chi connectivity index (χ1) is 10.2. The van der Waals surface area contributed by atoms with E-state index >= 15 is 0 Å². The first-order valence-corrected chi connectivity index (χ1v) is 7.86. The third-order valence-corrected chi connectivity index (χ3v) is 4.47. The van der Waals surface area contributed by atoms with E-state index in [9.17, 15) is 0 Å². The van der Waals surface area contributed by atoms with Crippen molar-refractivity contribution in [3.63, 3.8) is 0 Å². The highest BCUT2D eigenvalue weighted by atomic mass is 35.5. The Kier molecular flexibility index (Phi) is 4.10. The highest BCUT2D eigenvalue weighted by Crippen LogP contribution is 2.36. The SMILES string of the molecule is CNc1nccc(-c2cc(-c3ccc(Cl)cc3Cl)cs2)n1. The molecule has 0 radical (unpaired) electrons. The molecule has 2 aromatic heterocycles. The summed E-state index contributed by atoms with van der Waals surface area (Å²) in [7, 11) is 1.80. The standard InChI is InChI=1S/C15H11Cl2N3S/c1-18-15-19-5-4-13(20-15)14-6-9(8-21-14)11-3-2-10(16)7-12(11)17/h2-8H,1H3,(H,18,19,20). The van der Waals surface area contributed by atoms with E-state index in [0.717, 1.165) is 21.7 Å². The third kappa shape index (κ3) is 3.02. The summed E-state index contributed by atoms with van der Waals surface area (Å²) >= 11 is 13.8. The van der Waals surface area contributed by atoms with Crippen molar-refractivity contribution in [1.82, 2.24) is 9.97 Å². The lowest BCUT2D eigenvalue weighted by molar-refractivity contribution is 1.16. The van der Waals surface area contributed by atoms with E-state index < -0.39 is 0 Å². The maximum Gasteiger partial charge on any atom is 0.222 e. The first-order valence-electron chi connectivity index (χ1n) is 6.22. The molecule has 0 bridgehead atoms. The summed E-state index contributed by atoms with van der Waals surface area (Å²) in [5, 5.41) is 6.28. The molecule has 0 saturated carbocycles. The van der Waals surface area contributed by atoms with E-state index in [1.807, 2.05) is 18.2 Å². The van der Waals surface area contributed by atoms with Crippen LogP contribution in [0.3, 0.4) is 0 Å². The number of aromatic nitrogens is 2. The summed E-state index contributed by atoms with van der Waals surface area (Å²) in [6.45, 7) is 0. The molecule has 2 heterocycles. The largest absolute Gasteiger partial charge is 0.357 e. The molecule has 0 aliphatic rings. The quantitative estimate of drug-likeness (QED) is 0.712. The lowest BCUT2D eigenvalue weighted by Crippen LogP contribution is -1.95. The molecule has 1 N–H and O–H groups in total. The highest BCUT2D eigenvalue weighted by Gasteiger charge is 2.09. The molecule has 0 aliphatic heterocycles. The predicted molar refractivity (Wildman–Crippen MR) is 90.3 cm³/mol. The Labute approximate surface area is 136 Å². The number of rotatable bonds is 3. The van der Waals surface area contributed by atoms with Crippen LogP contribution in [0.15, 0.2) is 41.9 Å². The van der Waals surface area contributed by atoms with Crippen molar-refractivity contribution in [2.75, 3.05) is 12.4 Å². The lowest BCUT2D eigenvalue weighted by Gasteiger charge is -2.02. The van der Waals surface area contributed by atoms with Crippen molar-refractivity contribution < 1.29 is 0 Å². The Morgan fingerprint density at radius 3 is 2.76 bits per heavy atom. The molecule has 3 nitrogen and oxygen atoms in total. The van der Waals surface area contributed by atoms with Crippen LogP contribution in [-0.4, -0.2) is 17.0 Å². The summed E-state index contributed by atoms with van der Waals surface area (Å²) in [6, 6.07) is 9.47. The molecule has 0 saturated heterocycles. The summed E-state index contributed by atoms with van der Waals surface area (Å²) in [6.07, 6.45) is 1.74. The zero-order valence-corrected chi connectivity index (χ0v) is 13.4. The minimum Gasteiger partial charge on any atom is -0.357 e. The number of benzene rings is 1. The number of nitrogens with one attached hydrogen (secondary N) is 1. The van der Waals surface area contributed by atoms with Gasteiger partial charge in [-0.05, 0) is 35.2 Å². The molecule has 0 atom stereocenters. The third-order valence-electron chi connectivity index (χ3n) is 2.97. The van der Waals surface area contributed by atoms with Crippen molar-refractivity contribution >= 4 is 40.5 Å². The molecular weight excluding hydrogens is 325 g/mol. The highest BCUT2D eigenvalue weighted by molar-refractivity contribution is 7.14. The summed E-state index contributed by atoms with van der Waals surface area (Å²) in [5.74, 6) is 0.604. The molecule has 0 amide bonds. The van der Waals surface area contributed by atoms with Crippen LogP contribution in [-0.2, 0) is 0 Å². The van der Waals surface area contributed by atoms with Crippen LogP contribution < -0.4 is 5.32 Å². The number of halogens is 2. The number of thiophene rings is 1. The first kappa shape index (κ1) is 14.3. The molecule has 0 fully saturated rings. The van der Waals surface area contributed by atoms with E-state index in [0.29, 0.717) is 16.0 Å². The maximum absolute atomic E-state index is 6.25. The smallest absolute Gasteiger partial charge is 0.222 e. The van der Waals surface area contributed by atoms with Gasteiger partial charge in [0.1, 0.15) is 0 Å². The van der Waals surface area contributed by atoms with Crippen LogP contribution in [0, 0.1) is 0 Å². The zero-order chi connectivity index (χ0) is 14.8. The molecule has 0 spiro atoms. The van der Waals surface area contributed by atoms with E-state index in [2.05, 4.69) is 26.7 Å². The summed E-state index contributed by atoms with van der Waals surface area (Å²) in [5.41, 5.74) is 2.91. The minimum atomic E-state index is 0.604. The van der Waals surface area contributed by atoms with Crippen molar-refractivity contribution in [2.45, 2.75) is 0 Å². The van der Waals surface area contributed by atoms with Gasteiger partial charge < -0.3 is 5.32 Å². The van der Waals surface area contributed by atoms with Crippen LogP contribution >= 0.6 is 34.5 Å². The topological polar surface area (TPSA) is 37.8 Å². The molecule has 3 aromatic rings. The Hall–Kier alpha value is -1.62. The van der Waals surface area contributed by atoms with E-state index in [1.54, 1.807) is 30.6 Å². The van der Waals surface area contributed by atoms with Gasteiger partial charge in [-0.1, -0.05) is 29.3 Å². The summed E-state index contributed by atoms with van der Waals surface area (Å²) in [4.78, 5) is 9.62. The monoisotopic (exact) mass is 335 g/mol. The van der Waals surface area contributed by atoms with Crippen molar-refractivity contribution in [1.29, 1.82) is 0 Å². The number of nitrogens with zero attached hydrogens (tertiary/aromatic N) is 2. The van der Waals surface area contributed by atoms with Gasteiger partial charge >= 0.3 is 0 Å². The Balaban J connectivity index is 1.99. The zero-order valence-electron chi connectivity index (χ0n) is 11.1. The fourth-order valence-corrected chi connectivity index (χ4v) is 3.35. The van der Waals surface area contributed by atoms with Gasteiger partial charge in [-0.25, -0.2) is 9.97 Å². The van der Waals surface area contributed by atoms with Gasteiger partial charge in [-0.15, -0.1) is 11.3 Å². The van der Waals surface area contributed by atoms with Crippen LogP contribution in [0.1, 0.15) is 0 Å². The Morgan fingerprint density at radius 2 is 2.00 bits per heavy atom. The second-order valence-corrected chi connectivity index (χ2v) is 6.09. The van der Waals surface area contributed by atoms with Gasteiger partial charge in [-0.2, -0.15) is 0 Å². The van der Waals surface area contributed by atoms with Crippen molar-refractivity contribution in [2.24, 2.45) is 0 Å². The molecule has 6 heteroatoms. The van der Waals surface area contributed by atoms with Crippen LogP contribution in [0.25, 0.3) is 21.7 Å². The van der Waals surface area contributed by atoms with Crippen molar-refractivity contribution in [3.05, 3.63) is 52.0 Å². The average Bonchev–Trinajstić information content (AvgIpc) is 2.97. The van der Waals surface area contributed by atoms with E-state index in [4.69, 9.17) is 23.2 Å². The van der Waals surface area contributed by atoms with Gasteiger partial charge in [0.05, 0.1) is 10.6 Å². The number of hydrogen-bond acceptors (Lipinski definition) is 4. The van der Waals surface area contributed by atoms with Gasteiger partial charge in [0.15, 0.2) is 0 Å². The molecule has 3 rings (SSSR count). The normalized spacial score (nSPS) is 10.6. The van der Waals surface area contributed by atoms with Crippen LogP contribution in [0.2, 0.25) is 10.0 Å². The Morgan fingerprint density at radius 1 is 1.14 bits per heavy atom. The number of hydrogen-bond donors (Lipinski definition) is 1. The predicted octanol–water partition coefficient (Wildman–Crippen LogP) is 5.22. The molecular formula is C15H11Cl2N3S. The fourth-order valence-electron chi connectivity index (χ4n) is 1.95. The van der Waals surface area contributed by atoms with Gasteiger partial charge in [0.2, 0.25) is 5.95 Å². The molecule has 0 unspecified atom stereocenters. The van der Waals surface area contributed by atoms with Crippen molar-refractivity contribution in [3.8, 4) is 21.7 Å². The molecule has 0 aliphatic carbocycles. The van der Waals surface area contributed by atoms with Gasteiger partial charge in [0.25, 0.3) is 0 Å². The number of anilines is 1. The average molecular weight is 336 g/mol. The Bertz CT molecular complexity index is 786. The maximum atomic E-state index is 6.25. The second kappa shape index (κ2) is 6.02. The second-order valence-electron chi connectivity index (χ2n) is 4.34. The van der Waals surface area contributed by atoms with Crippen LogP contribution in [0.4, 0.5) is 5.95 Å². The van der Waals surface area contributed by atoms with Gasteiger partial charge in [0, 0.05) is 28.9 Å². The van der Waals surface area contributed by atoms with E-state index in [-0.39, 0.29) is 0 Å². The fraction of sp³-hybridized carbons (Fsp3) is 0.0667. The summed E-state index contributed by atoms with van der Waals surface area (Å²) < 4.78 is 0. The lowest BCUT2D eigenvalue weighted by atomic mass is 10.1. The molecule has 106 valence electrons. The van der Waals surface area contributed by atoms with Crippen LogP contribution in [0.5, 0.6) is 0 Å².